The van der Waals surface area contributed by atoms with Gasteiger partial charge in [0.05, 0.1) is 24.8 Å². The zero-order chi connectivity index (χ0) is 20.3. The second kappa shape index (κ2) is 8.26. The van der Waals surface area contributed by atoms with Crippen LogP contribution in [0.3, 0.4) is 0 Å². The third kappa shape index (κ3) is 4.07. The first kappa shape index (κ1) is 19.6. The monoisotopic (exact) mass is 409 g/mol. The topological polar surface area (TPSA) is 66.3 Å². The normalized spacial score (nSPS) is 14.9. The van der Waals surface area contributed by atoms with Gasteiger partial charge in [-0.15, -0.1) is 0 Å². The quantitative estimate of drug-likeness (QED) is 0.525. The minimum absolute atomic E-state index is 0.00144. The molecule has 9 heteroatoms. The molecular weight excluding hydrogens is 396 g/mol. The van der Waals surface area contributed by atoms with E-state index in [2.05, 4.69) is 9.73 Å². The fourth-order valence-electron chi connectivity index (χ4n) is 2.53. The molecule has 0 bridgehead atoms. The predicted molar refractivity (Wildman–Crippen MR) is 98.2 cm³/mol. The third-order valence-corrected chi connectivity index (χ3v) is 4.00. The lowest BCUT2D eigenvalue weighted by atomic mass is 10.1. The highest BCUT2D eigenvalue weighted by Crippen LogP contribution is 2.38. The van der Waals surface area contributed by atoms with Crippen molar-refractivity contribution in [2.75, 3.05) is 14.2 Å². The minimum atomic E-state index is -3.06. The Morgan fingerprint density at radius 1 is 1.14 bits per heavy atom. The number of carbonyl (C=O) groups excluding carboxylic acids is 1. The Balaban J connectivity index is 1.98. The van der Waals surface area contributed by atoms with Crippen LogP contribution in [0.25, 0.3) is 6.08 Å². The van der Waals surface area contributed by atoms with Gasteiger partial charge in [0.1, 0.15) is 5.75 Å². The Labute approximate surface area is 163 Å². The number of rotatable bonds is 6. The van der Waals surface area contributed by atoms with Crippen LogP contribution < -0.4 is 14.2 Å². The highest BCUT2D eigenvalue weighted by atomic mass is 35.5. The highest BCUT2D eigenvalue weighted by Gasteiger charge is 2.26. The third-order valence-electron chi connectivity index (χ3n) is 3.72. The Kier molecular flexibility index (Phi) is 5.79. The number of benzene rings is 2. The molecule has 0 radical (unpaired) electrons. The van der Waals surface area contributed by atoms with Crippen LogP contribution in [0.5, 0.6) is 17.2 Å². The van der Waals surface area contributed by atoms with Gasteiger partial charge in [-0.3, -0.25) is 0 Å². The fourth-order valence-corrected chi connectivity index (χ4v) is 2.79. The van der Waals surface area contributed by atoms with Gasteiger partial charge >= 0.3 is 12.6 Å². The molecule has 2 aromatic carbocycles. The van der Waals surface area contributed by atoms with Gasteiger partial charge in [0.25, 0.3) is 0 Å². The molecule has 0 atom stereocenters. The largest absolute Gasteiger partial charge is 0.496 e. The molecule has 0 saturated carbocycles. The van der Waals surface area contributed by atoms with E-state index in [0.717, 1.165) is 0 Å². The standard InChI is InChI=1S/C19H14ClF2NO5/c1-25-14-6-4-3-5-11(14)17-23-13(18(24)28-17)8-10-7-12(20)16(27-19(21)22)15(9-10)26-2/h3-9,19H,1-2H3/b13-8-. The highest BCUT2D eigenvalue weighted by molar-refractivity contribution is 6.32. The molecule has 3 rings (SSSR count). The van der Waals surface area contributed by atoms with Crippen LogP contribution in [0.15, 0.2) is 47.1 Å². The van der Waals surface area contributed by atoms with Crippen molar-refractivity contribution in [3.63, 3.8) is 0 Å². The van der Waals surface area contributed by atoms with Crippen LogP contribution in [-0.2, 0) is 9.53 Å². The number of esters is 1. The van der Waals surface area contributed by atoms with E-state index in [1.165, 1.54) is 32.4 Å². The predicted octanol–water partition coefficient (Wildman–Crippen LogP) is 4.30. The van der Waals surface area contributed by atoms with Crippen LogP contribution in [0.4, 0.5) is 8.78 Å². The zero-order valence-corrected chi connectivity index (χ0v) is 15.5. The first-order valence-electron chi connectivity index (χ1n) is 7.91. The van der Waals surface area contributed by atoms with E-state index < -0.39 is 12.6 Å². The molecule has 0 fully saturated rings. The maximum atomic E-state index is 12.5. The summed E-state index contributed by atoms with van der Waals surface area (Å²) in [7, 11) is 2.77. The first-order valence-corrected chi connectivity index (χ1v) is 8.29. The van der Waals surface area contributed by atoms with Crippen molar-refractivity contribution in [1.82, 2.24) is 0 Å². The number of nitrogens with zero attached hydrogens (tertiary/aromatic N) is 1. The summed E-state index contributed by atoms with van der Waals surface area (Å²) in [6.07, 6.45) is 1.39. The molecule has 0 unspecified atom stereocenters. The van der Waals surface area contributed by atoms with E-state index in [0.29, 0.717) is 16.9 Å². The molecule has 2 aromatic rings. The molecule has 0 aliphatic carbocycles. The number of alkyl halides is 2. The average molecular weight is 410 g/mol. The number of para-hydroxylation sites is 1. The summed E-state index contributed by atoms with van der Waals surface area (Å²) in [5.41, 5.74) is 0.903. The molecule has 28 heavy (non-hydrogen) atoms. The number of halogens is 3. The van der Waals surface area contributed by atoms with Gasteiger partial charge in [-0.1, -0.05) is 23.7 Å². The molecular formula is C19H14ClF2NO5. The van der Waals surface area contributed by atoms with Gasteiger partial charge in [-0.25, -0.2) is 9.79 Å². The Morgan fingerprint density at radius 3 is 2.54 bits per heavy atom. The van der Waals surface area contributed by atoms with E-state index in [4.69, 9.17) is 25.8 Å². The molecule has 1 aliphatic rings. The number of aliphatic imine (C=N–C) groups is 1. The molecule has 0 N–H and O–H groups in total. The molecule has 1 aliphatic heterocycles. The number of hydrogen-bond donors (Lipinski definition) is 0. The van der Waals surface area contributed by atoms with Gasteiger partial charge in [0.15, 0.2) is 17.2 Å². The number of cyclic esters (lactones) is 1. The van der Waals surface area contributed by atoms with Gasteiger partial charge in [-0.2, -0.15) is 8.78 Å². The molecule has 146 valence electrons. The number of ether oxygens (including phenoxy) is 4. The zero-order valence-electron chi connectivity index (χ0n) is 14.7. The van der Waals surface area contributed by atoms with E-state index >= 15 is 0 Å². The van der Waals surface area contributed by atoms with E-state index in [9.17, 15) is 13.6 Å². The van der Waals surface area contributed by atoms with Gasteiger partial charge < -0.3 is 18.9 Å². The van der Waals surface area contributed by atoms with Crippen molar-refractivity contribution in [3.05, 3.63) is 58.2 Å². The number of hydrogen-bond acceptors (Lipinski definition) is 6. The molecule has 0 saturated heterocycles. The lowest BCUT2D eigenvalue weighted by Gasteiger charge is -2.12. The molecule has 1 heterocycles. The number of carbonyl (C=O) groups is 1. The van der Waals surface area contributed by atoms with Crippen molar-refractivity contribution < 1.29 is 32.5 Å². The van der Waals surface area contributed by atoms with Crippen LogP contribution in [0, 0.1) is 0 Å². The summed E-state index contributed by atoms with van der Waals surface area (Å²) in [5.74, 6) is -0.407. The minimum Gasteiger partial charge on any atom is -0.496 e. The first-order chi connectivity index (χ1) is 13.4. The summed E-state index contributed by atoms with van der Waals surface area (Å²) >= 11 is 6.01. The maximum absolute atomic E-state index is 12.5. The fraction of sp³-hybridized carbons (Fsp3) is 0.158. The molecule has 0 spiro atoms. The van der Waals surface area contributed by atoms with Gasteiger partial charge in [0, 0.05) is 0 Å². The smallest absolute Gasteiger partial charge is 0.387 e. The lowest BCUT2D eigenvalue weighted by Crippen LogP contribution is -2.07. The van der Waals surface area contributed by atoms with Crippen LogP contribution in [0.1, 0.15) is 11.1 Å². The SMILES string of the molecule is COc1ccccc1C1=N/C(=C\c2cc(Cl)c(OC(F)F)c(OC)c2)C(=O)O1. The van der Waals surface area contributed by atoms with Crippen LogP contribution in [0.2, 0.25) is 5.02 Å². The Hall–Kier alpha value is -3.13. The van der Waals surface area contributed by atoms with Crippen molar-refractivity contribution in [3.8, 4) is 17.2 Å². The molecule has 0 amide bonds. The maximum Gasteiger partial charge on any atom is 0.387 e. The van der Waals surface area contributed by atoms with Crippen molar-refractivity contribution in [2.24, 2.45) is 4.99 Å². The Morgan fingerprint density at radius 2 is 1.86 bits per heavy atom. The van der Waals surface area contributed by atoms with Gasteiger partial charge in [0.2, 0.25) is 5.90 Å². The summed E-state index contributed by atoms with van der Waals surface area (Å²) < 4.78 is 44.9. The lowest BCUT2D eigenvalue weighted by molar-refractivity contribution is -0.129. The van der Waals surface area contributed by atoms with Crippen molar-refractivity contribution in [1.29, 1.82) is 0 Å². The van der Waals surface area contributed by atoms with Crippen molar-refractivity contribution in [2.45, 2.75) is 6.61 Å². The summed E-state index contributed by atoms with van der Waals surface area (Å²) in [5, 5.41) is -0.105. The van der Waals surface area contributed by atoms with Crippen LogP contribution in [-0.4, -0.2) is 32.7 Å². The van der Waals surface area contributed by atoms with E-state index in [-0.39, 0.29) is 28.1 Å². The van der Waals surface area contributed by atoms with Gasteiger partial charge in [-0.05, 0) is 35.9 Å². The summed E-state index contributed by atoms with van der Waals surface area (Å²) in [6.45, 7) is -3.06. The number of methoxy groups -OCH3 is 2. The molecule has 6 nitrogen and oxygen atoms in total. The summed E-state index contributed by atoms with van der Waals surface area (Å²) in [6, 6.07) is 9.67. The molecule has 0 aromatic heterocycles. The van der Waals surface area contributed by atoms with E-state index in [1.807, 2.05) is 0 Å². The van der Waals surface area contributed by atoms with E-state index in [1.54, 1.807) is 24.3 Å². The van der Waals surface area contributed by atoms with Crippen molar-refractivity contribution >= 4 is 29.5 Å². The Bertz CT molecular complexity index is 975. The second-order valence-electron chi connectivity index (χ2n) is 5.45. The second-order valence-corrected chi connectivity index (χ2v) is 5.86. The van der Waals surface area contributed by atoms with Crippen LogP contribution >= 0.6 is 11.6 Å². The average Bonchev–Trinajstić information content (AvgIpc) is 3.03. The summed E-state index contributed by atoms with van der Waals surface area (Å²) in [4.78, 5) is 16.4.